The molecule has 2 N–H and O–H groups in total. The Morgan fingerprint density at radius 1 is 1.47 bits per heavy atom. The number of methoxy groups -OCH3 is 1. The Balaban J connectivity index is 2.86. The van der Waals surface area contributed by atoms with Gasteiger partial charge in [0.05, 0.1) is 18.7 Å². The Bertz CT molecular complexity index is 409. The van der Waals surface area contributed by atoms with Gasteiger partial charge in [0.2, 0.25) is 0 Å². The molecule has 0 aliphatic rings. The number of nitrogens with one attached hydrogen (secondary N) is 1. The van der Waals surface area contributed by atoms with E-state index in [1.165, 1.54) is 0 Å². The van der Waals surface area contributed by atoms with Gasteiger partial charge in [-0.15, -0.1) is 0 Å². The van der Waals surface area contributed by atoms with Gasteiger partial charge < -0.3 is 15.2 Å². The van der Waals surface area contributed by atoms with Crippen LogP contribution in [-0.4, -0.2) is 24.2 Å². The molecule has 0 aromatic heterocycles. The van der Waals surface area contributed by atoms with E-state index < -0.39 is 11.9 Å². The first-order valence-electron chi connectivity index (χ1n) is 5.28. The molecule has 4 nitrogen and oxygen atoms in total. The minimum atomic E-state index is -0.820. The van der Waals surface area contributed by atoms with Crippen molar-refractivity contribution in [3.8, 4) is 5.75 Å². The zero-order valence-electron chi connectivity index (χ0n) is 10.0. The van der Waals surface area contributed by atoms with Crippen LogP contribution >= 0.6 is 15.9 Å². The van der Waals surface area contributed by atoms with Gasteiger partial charge in [-0.1, -0.05) is 15.9 Å². The molecule has 0 bridgehead atoms. The number of carboxylic acid groups (broad SMARTS) is 1. The number of ether oxygens (including phenoxy) is 1. The summed E-state index contributed by atoms with van der Waals surface area (Å²) in [6.07, 6.45) is 0. The lowest BCUT2D eigenvalue weighted by atomic mass is 10.0. The molecule has 0 heterocycles. The number of aliphatic carboxylic acids is 1. The van der Waals surface area contributed by atoms with E-state index in [2.05, 4.69) is 21.2 Å². The van der Waals surface area contributed by atoms with Crippen molar-refractivity contribution < 1.29 is 14.6 Å². The molecular formula is C12H16BrNO3. The molecule has 0 saturated heterocycles. The lowest BCUT2D eigenvalue weighted by Gasteiger charge is -2.20. The van der Waals surface area contributed by atoms with Crippen LogP contribution < -0.4 is 10.1 Å². The third kappa shape index (κ3) is 3.63. The number of carboxylic acids is 1. The molecule has 0 radical (unpaired) electrons. The fourth-order valence-electron chi connectivity index (χ4n) is 1.38. The molecule has 1 aromatic carbocycles. The van der Waals surface area contributed by atoms with Crippen LogP contribution in [0.3, 0.4) is 0 Å². The van der Waals surface area contributed by atoms with E-state index in [9.17, 15) is 4.79 Å². The fourth-order valence-corrected chi connectivity index (χ4v) is 1.74. The molecule has 94 valence electrons. The van der Waals surface area contributed by atoms with Crippen LogP contribution in [0.25, 0.3) is 0 Å². The first-order valence-corrected chi connectivity index (χ1v) is 6.08. The van der Waals surface area contributed by atoms with Crippen LogP contribution in [0.5, 0.6) is 5.75 Å². The minimum absolute atomic E-state index is 0.185. The number of hydrogen-bond donors (Lipinski definition) is 2. The Labute approximate surface area is 109 Å². The third-order valence-corrected chi connectivity index (χ3v) is 3.18. The first-order chi connectivity index (χ1) is 7.95. The number of benzene rings is 1. The smallest absolute Gasteiger partial charge is 0.308 e. The number of carbonyl (C=O) groups is 1. The molecule has 2 unspecified atom stereocenters. The van der Waals surface area contributed by atoms with Gasteiger partial charge in [0.25, 0.3) is 0 Å². The van der Waals surface area contributed by atoms with Crippen molar-refractivity contribution in [2.75, 3.05) is 12.4 Å². The average Bonchev–Trinajstić information content (AvgIpc) is 2.28. The monoisotopic (exact) mass is 301 g/mol. The standard InChI is InChI=1S/C12H16BrNO3/c1-7(12(15)16)8(2)14-10-6-9(13)4-5-11(10)17-3/h4-8,14H,1-3H3,(H,15,16). The maximum atomic E-state index is 10.9. The van der Waals surface area contributed by atoms with Crippen LogP contribution in [0, 0.1) is 5.92 Å². The van der Waals surface area contributed by atoms with E-state index >= 15 is 0 Å². The van der Waals surface area contributed by atoms with Gasteiger partial charge in [0, 0.05) is 10.5 Å². The van der Waals surface area contributed by atoms with Gasteiger partial charge in [-0.3, -0.25) is 4.79 Å². The SMILES string of the molecule is COc1ccc(Br)cc1NC(C)C(C)C(=O)O. The molecule has 1 aromatic rings. The quantitative estimate of drug-likeness (QED) is 0.878. The van der Waals surface area contributed by atoms with E-state index in [4.69, 9.17) is 9.84 Å². The molecule has 2 atom stereocenters. The maximum Gasteiger partial charge on any atom is 0.308 e. The second kappa shape index (κ2) is 5.91. The second-order valence-electron chi connectivity index (χ2n) is 3.90. The van der Waals surface area contributed by atoms with Gasteiger partial charge in [-0.2, -0.15) is 0 Å². The predicted octanol–water partition coefficient (Wildman–Crippen LogP) is 2.98. The van der Waals surface area contributed by atoms with Crippen molar-refractivity contribution in [3.63, 3.8) is 0 Å². The van der Waals surface area contributed by atoms with Gasteiger partial charge in [0.1, 0.15) is 5.75 Å². The topological polar surface area (TPSA) is 58.6 Å². The average molecular weight is 302 g/mol. The zero-order chi connectivity index (χ0) is 13.0. The Kier molecular flexibility index (Phi) is 4.81. The lowest BCUT2D eigenvalue weighted by molar-refractivity contribution is -0.141. The predicted molar refractivity (Wildman–Crippen MR) is 70.6 cm³/mol. The fraction of sp³-hybridized carbons (Fsp3) is 0.417. The summed E-state index contributed by atoms with van der Waals surface area (Å²) in [6.45, 7) is 3.50. The van der Waals surface area contributed by atoms with Gasteiger partial charge >= 0.3 is 5.97 Å². The Morgan fingerprint density at radius 3 is 2.65 bits per heavy atom. The molecule has 17 heavy (non-hydrogen) atoms. The normalized spacial score (nSPS) is 13.9. The van der Waals surface area contributed by atoms with Crippen molar-refractivity contribution in [1.29, 1.82) is 0 Å². The molecule has 0 fully saturated rings. The minimum Gasteiger partial charge on any atom is -0.495 e. The highest BCUT2D eigenvalue weighted by Gasteiger charge is 2.20. The molecule has 0 saturated carbocycles. The summed E-state index contributed by atoms with van der Waals surface area (Å²) in [5.74, 6) is -0.602. The number of anilines is 1. The number of rotatable bonds is 5. The highest BCUT2D eigenvalue weighted by atomic mass is 79.9. The largest absolute Gasteiger partial charge is 0.495 e. The Hall–Kier alpha value is -1.23. The van der Waals surface area contributed by atoms with E-state index in [0.717, 1.165) is 10.2 Å². The molecule has 0 spiro atoms. The van der Waals surface area contributed by atoms with Crippen molar-refractivity contribution >= 4 is 27.6 Å². The number of hydrogen-bond acceptors (Lipinski definition) is 3. The van der Waals surface area contributed by atoms with Gasteiger partial charge in [-0.25, -0.2) is 0 Å². The van der Waals surface area contributed by atoms with Gasteiger partial charge in [0.15, 0.2) is 0 Å². The van der Waals surface area contributed by atoms with E-state index in [-0.39, 0.29) is 6.04 Å². The molecule has 1 rings (SSSR count). The van der Waals surface area contributed by atoms with Crippen LogP contribution in [0.15, 0.2) is 22.7 Å². The Morgan fingerprint density at radius 2 is 2.12 bits per heavy atom. The third-order valence-electron chi connectivity index (χ3n) is 2.68. The van der Waals surface area contributed by atoms with Crippen molar-refractivity contribution in [2.24, 2.45) is 5.92 Å². The van der Waals surface area contributed by atoms with Crippen molar-refractivity contribution in [1.82, 2.24) is 0 Å². The zero-order valence-corrected chi connectivity index (χ0v) is 11.6. The highest BCUT2D eigenvalue weighted by molar-refractivity contribution is 9.10. The summed E-state index contributed by atoms with van der Waals surface area (Å²) in [5, 5.41) is 12.1. The van der Waals surface area contributed by atoms with E-state index in [1.54, 1.807) is 14.0 Å². The molecule has 0 aliphatic carbocycles. The molecular weight excluding hydrogens is 286 g/mol. The summed E-state index contributed by atoms with van der Waals surface area (Å²) in [4.78, 5) is 10.9. The maximum absolute atomic E-state index is 10.9. The van der Waals surface area contributed by atoms with Crippen molar-refractivity contribution in [3.05, 3.63) is 22.7 Å². The summed E-state index contributed by atoms with van der Waals surface area (Å²) in [7, 11) is 1.58. The van der Waals surface area contributed by atoms with Crippen LogP contribution in [0.4, 0.5) is 5.69 Å². The molecule has 0 amide bonds. The highest BCUT2D eigenvalue weighted by Crippen LogP contribution is 2.29. The summed E-state index contributed by atoms with van der Waals surface area (Å²) in [6, 6.07) is 5.37. The van der Waals surface area contributed by atoms with E-state index in [1.807, 2.05) is 25.1 Å². The van der Waals surface area contributed by atoms with Gasteiger partial charge in [-0.05, 0) is 32.0 Å². The summed E-state index contributed by atoms with van der Waals surface area (Å²) < 4.78 is 6.12. The summed E-state index contributed by atoms with van der Waals surface area (Å²) >= 11 is 3.37. The first kappa shape index (κ1) is 13.8. The van der Waals surface area contributed by atoms with Crippen molar-refractivity contribution in [2.45, 2.75) is 19.9 Å². The summed E-state index contributed by atoms with van der Waals surface area (Å²) in [5.41, 5.74) is 0.780. The van der Waals surface area contributed by atoms with Crippen LogP contribution in [0.2, 0.25) is 0 Å². The molecule has 5 heteroatoms. The lowest BCUT2D eigenvalue weighted by Crippen LogP contribution is -2.29. The van der Waals surface area contributed by atoms with Crippen LogP contribution in [-0.2, 0) is 4.79 Å². The van der Waals surface area contributed by atoms with Crippen LogP contribution in [0.1, 0.15) is 13.8 Å². The van der Waals surface area contributed by atoms with E-state index in [0.29, 0.717) is 5.75 Å². The second-order valence-corrected chi connectivity index (χ2v) is 4.82. The molecule has 0 aliphatic heterocycles. The number of halogens is 1.